The Kier molecular flexibility index (Phi) is 4.42. The lowest BCUT2D eigenvalue weighted by Crippen LogP contribution is -2.34. The fourth-order valence-electron chi connectivity index (χ4n) is 3.37. The van der Waals surface area contributed by atoms with E-state index in [-0.39, 0.29) is 0 Å². The molecule has 0 aliphatic carbocycles. The first-order chi connectivity index (χ1) is 12.2. The lowest BCUT2D eigenvalue weighted by Gasteiger charge is -2.27. The summed E-state index contributed by atoms with van der Waals surface area (Å²) in [5, 5.41) is 15.1. The van der Waals surface area contributed by atoms with Crippen molar-refractivity contribution in [2.45, 2.75) is 32.0 Å². The van der Waals surface area contributed by atoms with Gasteiger partial charge in [0.25, 0.3) is 0 Å². The summed E-state index contributed by atoms with van der Waals surface area (Å²) >= 11 is 0. The number of aliphatic hydroxyl groups excluding tert-OH is 1. The highest BCUT2D eigenvalue weighted by atomic mass is 16.3. The number of aryl methyl sites for hydroxylation is 2. The molecule has 4 heterocycles. The molecule has 0 bridgehead atoms. The van der Waals surface area contributed by atoms with Crippen molar-refractivity contribution in [3.8, 4) is 0 Å². The predicted molar refractivity (Wildman–Crippen MR) is 91.8 cm³/mol. The quantitative estimate of drug-likeness (QED) is 0.739. The van der Waals surface area contributed by atoms with Crippen LogP contribution in [-0.4, -0.2) is 42.4 Å². The van der Waals surface area contributed by atoms with Crippen LogP contribution in [0.15, 0.2) is 41.3 Å². The Labute approximate surface area is 146 Å². The smallest absolute Gasteiger partial charge is 0.155 e. The molecule has 0 saturated heterocycles. The van der Waals surface area contributed by atoms with E-state index in [0.717, 1.165) is 50.5 Å². The van der Waals surface area contributed by atoms with E-state index in [2.05, 4.69) is 15.0 Å². The summed E-state index contributed by atoms with van der Waals surface area (Å²) in [5.41, 5.74) is 1.81. The highest BCUT2D eigenvalue weighted by Gasteiger charge is 2.23. The second-order valence-electron chi connectivity index (χ2n) is 6.54. The Hall–Kier alpha value is -2.38. The number of nitrogens with zero attached hydrogens (tertiary/aromatic N) is 5. The minimum atomic E-state index is -0.787. The van der Waals surface area contributed by atoms with E-state index in [1.807, 2.05) is 40.7 Å². The first kappa shape index (κ1) is 16.1. The molecule has 0 amide bonds. The molecule has 0 saturated carbocycles. The molecule has 132 valence electrons. The zero-order valence-corrected chi connectivity index (χ0v) is 14.4. The van der Waals surface area contributed by atoms with Gasteiger partial charge in [-0.2, -0.15) is 5.10 Å². The molecule has 3 aromatic rings. The molecule has 1 aliphatic heterocycles. The molecule has 4 rings (SSSR count). The number of fused-ring (bicyclic) bond motifs is 1. The van der Waals surface area contributed by atoms with Crippen molar-refractivity contribution in [2.75, 3.05) is 13.1 Å². The molecule has 25 heavy (non-hydrogen) atoms. The molecule has 0 aromatic carbocycles. The van der Waals surface area contributed by atoms with Crippen molar-refractivity contribution in [3.05, 3.63) is 59.8 Å². The molecular weight excluding hydrogens is 318 g/mol. The van der Waals surface area contributed by atoms with Crippen LogP contribution in [-0.2, 0) is 26.6 Å². The standard InChI is InChI=1S/C18H23N5O2/c1-21-8-6-19-18(21)17(24)16-12-14-13-22(9-10-23(14)20-16)7-2-4-15-5-3-11-25-15/h3,5-6,8,11-12,17,24H,2,4,7,9-10,13H2,1H3. The Morgan fingerprint density at radius 1 is 1.36 bits per heavy atom. The van der Waals surface area contributed by atoms with Crippen molar-refractivity contribution in [1.82, 2.24) is 24.2 Å². The second-order valence-corrected chi connectivity index (χ2v) is 6.54. The topological polar surface area (TPSA) is 72.2 Å². The molecule has 7 nitrogen and oxygen atoms in total. The third-order valence-electron chi connectivity index (χ3n) is 4.76. The maximum Gasteiger partial charge on any atom is 0.155 e. The number of hydrogen-bond donors (Lipinski definition) is 1. The van der Waals surface area contributed by atoms with Gasteiger partial charge in [-0.1, -0.05) is 0 Å². The SMILES string of the molecule is Cn1ccnc1C(O)c1cc2n(n1)CCN(CCCc1ccco1)C2. The van der Waals surface area contributed by atoms with Gasteiger partial charge < -0.3 is 14.1 Å². The number of aromatic nitrogens is 4. The van der Waals surface area contributed by atoms with Gasteiger partial charge in [-0.15, -0.1) is 0 Å². The van der Waals surface area contributed by atoms with Crippen LogP contribution in [0.4, 0.5) is 0 Å². The van der Waals surface area contributed by atoms with Crippen LogP contribution in [0.2, 0.25) is 0 Å². The van der Waals surface area contributed by atoms with Crippen LogP contribution in [0.3, 0.4) is 0 Å². The lowest BCUT2D eigenvalue weighted by molar-refractivity contribution is 0.196. The van der Waals surface area contributed by atoms with E-state index in [4.69, 9.17) is 4.42 Å². The lowest BCUT2D eigenvalue weighted by atomic mass is 10.2. The number of furan rings is 1. The van der Waals surface area contributed by atoms with Crippen molar-refractivity contribution >= 4 is 0 Å². The molecular formula is C18H23N5O2. The van der Waals surface area contributed by atoms with E-state index in [9.17, 15) is 5.11 Å². The number of hydrogen-bond acceptors (Lipinski definition) is 5. The summed E-state index contributed by atoms with van der Waals surface area (Å²) < 4.78 is 9.21. The van der Waals surface area contributed by atoms with Gasteiger partial charge in [0.2, 0.25) is 0 Å². The highest BCUT2D eigenvalue weighted by molar-refractivity contribution is 5.19. The maximum absolute atomic E-state index is 10.5. The van der Waals surface area contributed by atoms with Gasteiger partial charge in [-0.25, -0.2) is 4.98 Å². The molecule has 1 aliphatic rings. The number of imidazole rings is 1. The number of rotatable bonds is 6. The summed E-state index contributed by atoms with van der Waals surface area (Å²) in [7, 11) is 1.88. The first-order valence-electron chi connectivity index (χ1n) is 8.67. The van der Waals surface area contributed by atoms with Crippen LogP contribution >= 0.6 is 0 Å². The van der Waals surface area contributed by atoms with Crippen molar-refractivity contribution in [3.63, 3.8) is 0 Å². The fourth-order valence-corrected chi connectivity index (χ4v) is 3.37. The molecule has 3 aromatic heterocycles. The van der Waals surface area contributed by atoms with Gasteiger partial charge in [0.05, 0.1) is 24.2 Å². The minimum absolute atomic E-state index is 0.616. The second kappa shape index (κ2) is 6.85. The molecule has 0 radical (unpaired) electrons. The zero-order valence-electron chi connectivity index (χ0n) is 14.4. The van der Waals surface area contributed by atoms with Gasteiger partial charge >= 0.3 is 0 Å². The molecule has 1 atom stereocenters. The Bertz CT molecular complexity index is 821. The van der Waals surface area contributed by atoms with Crippen LogP contribution < -0.4 is 0 Å². The molecule has 1 unspecified atom stereocenters. The molecule has 0 fully saturated rings. The largest absolute Gasteiger partial charge is 0.469 e. The van der Waals surface area contributed by atoms with Crippen molar-refractivity contribution < 1.29 is 9.52 Å². The average molecular weight is 341 g/mol. The van der Waals surface area contributed by atoms with Gasteiger partial charge in [0, 0.05) is 39.0 Å². The fraction of sp³-hybridized carbons (Fsp3) is 0.444. The molecule has 0 spiro atoms. The summed E-state index contributed by atoms with van der Waals surface area (Å²) in [6.07, 6.45) is 6.50. The Morgan fingerprint density at radius 3 is 3.04 bits per heavy atom. The first-order valence-corrected chi connectivity index (χ1v) is 8.67. The number of aliphatic hydroxyl groups is 1. The Morgan fingerprint density at radius 2 is 2.28 bits per heavy atom. The summed E-state index contributed by atoms with van der Waals surface area (Å²) in [6, 6.07) is 5.96. The van der Waals surface area contributed by atoms with Crippen LogP contribution in [0.1, 0.15) is 35.5 Å². The van der Waals surface area contributed by atoms with Crippen LogP contribution in [0.25, 0.3) is 0 Å². The van der Waals surface area contributed by atoms with Gasteiger partial charge in [-0.05, 0) is 31.2 Å². The van der Waals surface area contributed by atoms with E-state index in [0.29, 0.717) is 11.5 Å². The highest BCUT2D eigenvalue weighted by Crippen LogP contribution is 2.22. The average Bonchev–Trinajstić information content (AvgIpc) is 3.34. The van der Waals surface area contributed by atoms with Crippen molar-refractivity contribution in [2.24, 2.45) is 7.05 Å². The minimum Gasteiger partial charge on any atom is -0.469 e. The van der Waals surface area contributed by atoms with Gasteiger partial charge in [0.1, 0.15) is 11.6 Å². The normalized spacial score (nSPS) is 16.1. The molecule has 7 heteroatoms. The van der Waals surface area contributed by atoms with E-state index in [1.54, 1.807) is 12.5 Å². The van der Waals surface area contributed by atoms with Gasteiger partial charge in [-0.3, -0.25) is 9.58 Å². The van der Waals surface area contributed by atoms with E-state index < -0.39 is 6.10 Å². The van der Waals surface area contributed by atoms with Crippen LogP contribution in [0, 0.1) is 0 Å². The molecule has 1 N–H and O–H groups in total. The predicted octanol–water partition coefficient (Wildman–Crippen LogP) is 1.74. The third-order valence-corrected chi connectivity index (χ3v) is 4.76. The van der Waals surface area contributed by atoms with Crippen molar-refractivity contribution in [1.29, 1.82) is 0 Å². The summed E-state index contributed by atoms with van der Waals surface area (Å²) in [5.74, 6) is 1.66. The Balaban J connectivity index is 1.38. The maximum atomic E-state index is 10.5. The monoisotopic (exact) mass is 341 g/mol. The van der Waals surface area contributed by atoms with E-state index >= 15 is 0 Å². The van der Waals surface area contributed by atoms with E-state index in [1.165, 1.54) is 0 Å². The zero-order chi connectivity index (χ0) is 17.2. The summed E-state index contributed by atoms with van der Waals surface area (Å²) in [4.78, 5) is 6.65. The van der Waals surface area contributed by atoms with Crippen LogP contribution in [0.5, 0.6) is 0 Å². The van der Waals surface area contributed by atoms with Gasteiger partial charge in [0.15, 0.2) is 6.10 Å². The third kappa shape index (κ3) is 3.38. The summed E-state index contributed by atoms with van der Waals surface area (Å²) in [6.45, 7) is 3.72.